The Morgan fingerprint density at radius 2 is 1.65 bits per heavy atom. The minimum atomic E-state index is -0.833. The van der Waals surface area contributed by atoms with E-state index in [1.54, 1.807) is 6.07 Å². The zero-order chi connectivity index (χ0) is 25.7. The molecule has 2 aliphatic heterocycles. The number of aromatic nitrogens is 3. The zero-order valence-electron chi connectivity index (χ0n) is 20.5. The maximum absolute atomic E-state index is 10.5. The van der Waals surface area contributed by atoms with Crippen LogP contribution in [-0.2, 0) is 15.1 Å². The summed E-state index contributed by atoms with van der Waals surface area (Å²) in [6.07, 6.45) is -1.06. The molecule has 5 atom stereocenters. The third kappa shape index (κ3) is 4.49. The molecule has 2 saturated heterocycles. The molecule has 2 aliphatic rings. The van der Waals surface area contributed by atoms with Crippen molar-refractivity contribution in [2.75, 3.05) is 13.2 Å². The molecular formula is C28H28ClN3O5. The van der Waals surface area contributed by atoms with Gasteiger partial charge < -0.3 is 29.4 Å². The molecular weight excluding hydrogens is 494 g/mol. The molecule has 0 radical (unpaired) electrons. The monoisotopic (exact) mass is 521 g/mol. The lowest BCUT2D eigenvalue weighted by Gasteiger charge is -2.22. The number of ether oxygens (including phenoxy) is 3. The van der Waals surface area contributed by atoms with Gasteiger partial charge in [0.05, 0.1) is 35.0 Å². The lowest BCUT2D eigenvalue weighted by atomic mass is 9.91. The molecule has 0 bridgehead atoms. The Hall–Kier alpha value is -3.01. The van der Waals surface area contributed by atoms with Gasteiger partial charge in [-0.15, -0.1) is 0 Å². The number of rotatable bonds is 6. The highest BCUT2D eigenvalue weighted by molar-refractivity contribution is 6.33. The Balaban J connectivity index is 1.22. The van der Waals surface area contributed by atoms with Gasteiger partial charge in [-0.3, -0.25) is 0 Å². The lowest BCUT2D eigenvalue weighted by Crippen LogP contribution is -2.34. The van der Waals surface area contributed by atoms with E-state index in [0.717, 1.165) is 22.3 Å². The fourth-order valence-electron chi connectivity index (χ4n) is 4.89. The van der Waals surface area contributed by atoms with Crippen LogP contribution in [0.15, 0.2) is 54.6 Å². The van der Waals surface area contributed by atoms with E-state index in [9.17, 15) is 10.2 Å². The van der Waals surface area contributed by atoms with Crippen LogP contribution in [0.3, 0.4) is 0 Å². The topological polar surface area (TPSA) is 110 Å². The van der Waals surface area contributed by atoms with E-state index in [4.69, 9.17) is 25.8 Å². The van der Waals surface area contributed by atoms with Crippen molar-refractivity contribution < 1.29 is 24.4 Å². The second-order valence-electron chi connectivity index (χ2n) is 9.83. The molecule has 0 unspecified atom stereocenters. The summed E-state index contributed by atoms with van der Waals surface area (Å²) in [7, 11) is 0. The van der Waals surface area contributed by atoms with Gasteiger partial charge in [0.2, 0.25) is 0 Å². The average Bonchev–Trinajstić information content (AvgIpc) is 3.60. The first-order valence-corrected chi connectivity index (χ1v) is 12.8. The van der Waals surface area contributed by atoms with Crippen LogP contribution in [0.5, 0.6) is 6.01 Å². The van der Waals surface area contributed by atoms with Gasteiger partial charge in [-0.1, -0.05) is 67.1 Å². The molecule has 4 aromatic rings. The number of hydrogen-bond donors (Lipinski definition) is 3. The van der Waals surface area contributed by atoms with Gasteiger partial charge in [0, 0.05) is 5.56 Å². The fourth-order valence-corrected chi connectivity index (χ4v) is 5.15. The van der Waals surface area contributed by atoms with Crippen LogP contribution in [0.2, 0.25) is 5.02 Å². The molecule has 0 saturated carbocycles. The molecule has 2 aromatic carbocycles. The average molecular weight is 522 g/mol. The van der Waals surface area contributed by atoms with E-state index in [1.807, 2.05) is 62.4 Å². The van der Waals surface area contributed by atoms with Crippen LogP contribution in [0.1, 0.15) is 25.8 Å². The van der Waals surface area contributed by atoms with E-state index >= 15 is 0 Å². The van der Waals surface area contributed by atoms with Crippen LogP contribution in [0, 0.1) is 0 Å². The predicted molar refractivity (Wildman–Crippen MR) is 140 cm³/mol. The Morgan fingerprint density at radius 1 is 1.00 bits per heavy atom. The molecule has 0 spiro atoms. The number of pyridine rings is 1. The summed E-state index contributed by atoms with van der Waals surface area (Å²) in [6, 6.07) is 18.1. The van der Waals surface area contributed by atoms with Gasteiger partial charge in [0.25, 0.3) is 6.01 Å². The molecule has 2 fully saturated rings. The summed E-state index contributed by atoms with van der Waals surface area (Å²) in [6.45, 7) is 4.35. The van der Waals surface area contributed by atoms with Crippen molar-refractivity contribution >= 4 is 22.8 Å². The van der Waals surface area contributed by atoms with Crippen molar-refractivity contribution in [1.82, 2.24) is 15.0 Å². The van der Waals surface area contributed by atoms with E-state index in [1.165, 1.54) is 0 Å². The summed E-state index contributed by atoms with van der Waals surface area (Å²) in [5.74, 6) is 0. The molecule has 0 aliphatic carbocycles. The van der Waals surface area contributed by atoms with Gasteiger partial charge in [-0.25, -0.2) is 4.98 Å². The molecule has 4 heterocycles. The number of nitrogens with one attached hydrogen (secondary N) is 1. The van der Waals surface area contributed by atoms with Gasteiger partial charge >= 0.3 is 0 Å². The molecule has 6 rings (SSSR count). The summed E-state index contributed by atoms with van der Waals surface area (Å²) in [4.78, 5) is 12.3. The smallest absolute Gasteiger partial charge is 0.296 e. The lowest BCUT2D eigenvalue weighted by molar-refractivity contribution is 0.00706. The highest BCUT2D eigenvalue weighted by Crippen LogP contribution is 2.33. The quantitative estimate of drug-likeness (QED) is 0.343. The van der Waals surface area contributed by atoms with Gasteiger partial charge in [0.15, 0.2) is 11.8 Å². The Bertz CT molecular complexity index is 1420. The van der Waals surface area contributed by atoms with Crippen molar-refractivity contribution in [2.24, 2.45) is 0 Å². The van der Waals surface area contributed by atoms with Gasteiger partial charge in [-0.05, 0) is 36.1 Å². The number of benzene rings is 2. The van der Waals surface area contributed by atoms with Crippen LogP contribution < -0.4 is 4.74 Å². The number of hydrogen-bond acceptors (Lipinski definition) is 7. The molecule has 2 aromatic heterocycles. The predicted octanol–water partition coefficient (Wildman–Crippen LogP) is 4.47. The van der Waals surface area contributed by atoms with E-state index < -0.39 is 11.7 Å². The molecule has 0 amide bonds. The first kappa shape index (κ1) is 24.3. The largest absolute Gasteiger partial charge is 0.456 e. The Kier molecular flexibility index (Phi) is 6.17. The third-order valence-corrected chi connectivity index (χ3v) is 7.62. The third-order valence-electron chi connectivity index (χ3n) is 7.34. The van der Waals surface area contributed by atoms with Gasteiger partial charge in [-0.2, -0.15) is 4.98 Å². The van der Waals surface area contributed by atoms with E-state index in [-0.39, 0.29) is 24.9 Å². The molecule has 3 N–H and O–H groups in total. The normalized spacial score (nSPS) is 24.8. The second-order valence-corrected chi connectivity index (χ2v) is 10.2. The van der Waals surface area contributed by atoms with Crippen LogP contribution in [0.25, 0.3) is 33.5 Å². The minimum absolute atomic E-state index is 0.237. The van der Waals surface area contributed by atoms with Crippen molar-refractivity contribution in [3.05, 3.63) is 65.2 Å². The number of aromatic amines is 1. The molecule has 37 heavy (non-hydrogen) atoms. The molecule has 9 heteroatoms. The van der Waals surface area contributed by atoms with E-state index in [2.05, 4.69) is 15.0 Å². The number of H-pyrrole nitrogens is 1. The maximum atomic E-state index is 10.5. The number of aliphatic hydroxyl groups excluding tert-OH is 1. The Labute approximate surface area is 219 Å². The summed E-state index contributed by atoms with van der Waals surface area (Å²) >= 11 is 6.59. The first-order valence-electron chi connectivity index (χ1n) is 12.4. The van der Waals surface area contributed by atoms with Crippen molar-refractivity contribution in [3.8, 4) is 28.4 Å². The summed E-state index contributed by atoms with van der Waals surface area (Å²) in [5.41, 5.74) is 4.81. The standard InChI is InChI=1S/C28H28ClN3O5/c1-3-28(2,34)18-10-8-16(9-11-18)15-4-6-17(7-5-15)23-19(29)12-20-26(31-23)32-27(30-20)37-22-14-36-24-21(33)13-35-25(22)24/h4-12,21-22,24-25,33-34H,3,13-14H2,1-2H3,(H,30,31,32)/t21-,22-,24-,25-,28+/m1/s1. The highest BCUT2D eigenvalue weighted by atomic mass is 35.5. The SMILES string of the molecule is CC[C@](C)(O)c1ccc(-c2ccc(-c3nc4nc(O[C@@H]5CO[C@H]6[C@@H]5OC[C@H]6O)[nH]c4cc3Cl)cc2)cc1. The van der Waals surface area contributed by atoms with E-state index in [0.29, 0.717) is 40.9 Å². The first-order chi connectivity index (χ1) is 17.8. The second kappa shape index (κ2) is 9.38. The van der Waals surface area contributed by atoms with Crippen LogP contribution >= 0.6 is 11.6 Å². The van der Waals surface area contributed by atoms with Crippen LogP contribution in [-0.4, -0.2) is 62.8 Å². The van der Waals surface area contributed by atoms with Crippen molar-refractivity contribution in [1.29, 1.82) is 0 Å². The van der Waals surface area contributed by atoms with Crippen LogP contribution in [0.4, 0.5) is 0 Å². The fraction of sp³-hybridized carbons (Fsp3) is 0.357. The summed E-state index contributed by atoms with van der Waals surface area (Å²) < 4.78 is 17.2. The Morgan fingerprint density at radius 3 is 2.35 bits per heavy atom. The number of halogens is 1. The van der Waals surface area contributed by atoms with Gasteiger partial charge in [0.1, 0.15) is 18.3 Å². The number of nitrogens with zero attached hydrogens (tertiary/aromatic N) is 2. The number of fused-ring (bicyclic) bond motifs is 2. The summed E-state index contributed by atoms with van der Waals surface area (Å²) in [5, 5.41) is 20.9. The number of imidazole rings is 1. The van der Waals surface area contributed by atoms with Crippen molar-refractivity contribution in [3.63, 3.8) is 0 Å². The maximum Gasteiger partial charge on any atom is 0.296 e. The zero-order valence-corrected chi connectivity index (χ0v) is 21.3. The minimum Gasteiger partial charge on any atom is -0.456 e. The highest BCUT2D eigenvalue weighted by Gasteiger charge is 2.48. The molecule has 192 valence electrons. The number of aliphatic hydroxyl groups is 2. The molecule has 8 nitrogen and oxygen atoms in total. The van der Waals surface area contributed by atoms with Crippen molar-refractivity contribution in [2.45, 2.75) is 50.3 Å².